The molecule has 0 aliphatic heterocycles. The van der Waals surface area contributed by atoms with Crippen LogP contribution in [0.1, 0.15) is 22.8 Å². The lowest BCUT2D eigenvalue weighted by molar-refractivity contribution is -0.143. The lowest BCUT2D eigenvalue weighted by Crippen LogP contribution is -2.12. The van der Waals surface area contributed by atoms with Gasteiger partial charge in [-0.3, -0.25) is 4.79 Å². The molecule has 1 aromatic heterocycles. The monoisotopic (exact) mass is 337 g/mol. The van der Waals surface area contributed by atoms with E-state index in [2.05, 4.69) is 0 Å². The summed E-state index contributed by atoms with van der Waals surface area (Å²) in [4.78, 5) is 24.3. The maximum absolute atomic E-state index is 12.5. The van der Waals surface area contributed by atoms with E-state index in [0.29, 0.717) is 12.2 Å². The van der Waals surface area contributed by atoms with Crippen molar-refractivity contribution in [2.75, 3.05) is 6.61 Å². The second-order valence-corrected chi connectivity index (χ2v) is 5.55. The second-order valence-electron chi connectivity index (χ2n) is 5.55. The molecule has 0 saturated heterocycles. The molecular formula is C20H19NO4. The van der Waals surface area contributed by atoms with Crippen LogP contribution in [0, 0.1) is 0 Å². The lowest BCUT2D eigenvalue weighted by Gasteiger charge is -2.04. The van der Waals surface area contributed by atoms with Gasteiger partial charge in [-0.2, -0.15) is 0 Å². The molecule has 0 bridgehead atoms. The first-order chi connectivity index (χ1) is 12.2. The van der Waals surface area contributed by atoms with Crippen LogP contribution in [0.2, 0.25) is 0 Å². The molecule has 3 aromatic rings. The van der Waals surface area contributed by atoms with Gasteiger partial charge < -0.3 is 14.0 Å². The van der Waals surface area contributed by atoms with Gasteiger partial charge >= 0.3 is 11.9 Å². The van der Waals surface area contributed by atoms with E-state index < -0.39 is 5.97 Å². The minimum atomic E-state index is -0.414. The molecule has 25 heavy (non-hydrogen) atoms. The van der Waals surface area contributed by atoms with Crippen LogP contribution in [0.15, 0.2) is 60.8 Å². The molecule has 0 aliphatic carbocycles. The molecule has 128 valence electrons. The molecule has 3 rings (SSSR count). The van der Waals surface area contributed by atoms with E-state index in [-0.39, 0.29) is 19.1 Å². The molecule has 0 fully saturated rings. The predicted molar refractivity (Wildman–Crippen MR) is 94.1 cm³/mol. The Bertz CT molecular complexity index is 883. The number of rotatable bonds is 6. The van der Waals surface area contributed by atoms with Crippen LogP contribution in [0.5, 0.6) is 0 Å². The molecule has 0 amide bonds. The zero-order valence-corrected chi connectivity index (χ0v) is 14.0. The van der Waals surface area contributed by atoms with Crippen molar-refractivity contribution in [1.82, 2.24) is 4.57 Å². The number of ether oxygens (including phenoxy) is 2. The van der Waals surface area contributed by atoms with Crippen molar-refractivity contribution in [3.63, 3.8) is 0 Å². The number of para-hydroxylation sites is 1. The van der Waals surface area contributed by atoms with Gasteiger partial charge in [-0.25, -0.2) is 4.79 Å². The normalized spacial score (nSPS) is 10.6. The number of carbonyl (C=O) groups excluding carboxylic acids is 2. The van der Waals surface area contributed by atoms with Crippen LogP contribution in [0.4, 0.5) is 0 Å². The highest BCUT2D eigenvalue weighted by Crippen LogP contribution is 2.22. The van der Waals surface area contributed by atoms with E-state index in [1.807, 2.05) is 54.6 Å². The first-order valence-electron chi connectivity index (χ1n) is 8.13. The number of carbonyl (C=O) groups is 2. The third kappa shape index (κ3) is 3.88. The van der Waals surface area contributed by atoms with Crippen molar-refractivity contribution >= 4 is 22.8 Å². The number of esters is 2. The van der Waals surface area contributed by atoms with Gasteiger partial charge in [0.15, 0.2) is 0 Å². The molecule has 0 radical (unpaired) electrons. The molecule has 2 aromatic carbocycles. The molecule has 0 saturated carbocycles. The van der Waals surface area contributed by atoms with Gasteiger partial charge in [0.25, 0.3) is 0 Å². The van der Waals surface area contributed by atoms with E-state index >= 15 is 0 Å². The zero-order chi connectivity index (χ0) is 17.6. The Balaban J connectivity index is 1.83. The number of hydrogen-bond donors (Lipinski definition) is 0. The maximum Gasteiger partial charge on any atom is 0.340 e. The topological polar surface area (TPSA) is 57.5 Å². The van der Waals surface area contributed by atoms with E-state index in [4.69, 9.17) is 9.47 Å². The van der Waals surface area contributed by atoms with Crippen LogP contribution in [0.3, 0.4) is 0 Å². The Morgan fingerprint density at radius 2 is 1.68 bits per heavy atom. The van der Waals surface area contributed by atoms with Crippen molar-refractivity contribution in [1.29, 1.82) is 0 Å². The largest absolute Gasteiger partial charge is 0.465 e. The van der Waals surface area contributed by atoms with Crippen molar-refractivity contribution in [3.8, 4) is 0 Å². The Kier molecular flexibility index (Phi) is 5.14. The average Bonchev–Trinajstić information content (AvgIpc) is 2.99. The van der Waals surface area contributed by atoms with Gasteiger partial charge in [0, 0.05) is 17.1 Å². The molecule has 1 heterocycles. The summed E-state index contributed by atoms with van der Waals surface area (Å²) in [6, 6.07) is 16.9. The van der Waals surface area contributed by atoms with Gasteiger partial charge in [-0.1, -0.05) is 48.5 Å². The van der Waals surface area contributed by atoms with Gasteiger partial charge in [0.05, 0.1) is 12.2 Å². The highest BCUT2D eigenvalue weighted by atomic mass is 16.5. The van der Waals surface area contributed by atoms with Crippen molar-refractivity contribution in [2.24, 2.45) is 0 Å². The summed E-state index contributed by atoms with van der Waals surface area (Å²) in [5, 5.41) is 0.755. The van der Waals surface area contributed by atoms with E-state index in [9.17, 15) is 9.59 Å². The molecule has 0 N–H and O–H groups in total. The fourth-order valence-corrected chi connectivity index (χ4v) is 2.69. The van der Waals surface area contributed by atoms with Gasteiger partial charge in [0.1, 0.15) is 13.2 Å². The standard InChI is InChI=1S/C20H19NO4/c1-2-24-19(22)13-21-12-17(16-10-6-7-11-18(16)21)20(23)25-14-15-8-4-3-5-9-15/h3-12H,2,13-14H2,1H3. The first kappa shape index (κ1) is 16.8. The van der Waals surface area contributed by atoms with Crippen LogP contribution < -0.4 is 0 Å². The first-order valence-corrected chi connectivity index (χ1v) is 8.13. The predicted octanol–water partition coefficient (Wildman–Crippen LogP) is 3.56. The van der Waals surface area contributed by atoms with Gasteiger partial charge in [-0.05, 0) is 18.6 Å². The maximum atomic E-state index is 12.5. The summed E-state index contributed by atoms with van der Waals surface area (Å²) in [7, 11) is 0. The van der Waals surface area contributed by atoms with E-state index in [1.54, 1.807) is 17.7 Å². The fraction of sp³-hybridized carbons (Fsp3) is 0.200. The molecule has 5 nitrogen and oxygen atoms in total. The number of benzene rings is 2. The number of hydrogen-bond acceptors (Lipinski definition) is 4. The molecule has 0 spiro atoms. The molecule has 5 heteroatoms. The number of nitrogens with zero attached hydrogens (tertiary/aromatic N) is 1. The Morgan fingerprint density at radius 3 is 2.44 bits per heavy atom. The Labute approximate surface area is 145 Å². The van der Waals surface area contributed by atoms with Crippen LogP contribution in [-0.2, 0) is 27.4 Å². The molecule has 0 aliphatic rings. The van der Waals surface area contributed by atoms with Gasteiger partial charge in [-0.15, -0.1) is 0 Å². The minimum Gasteiger partial charge on any atom is -0.465 e. The summed E-state index contributed by atoms with van der Waals surface area (Å²) in [6.07, 6.45) is 1.65. The fourth-order valence-electron chi connectivity index (χ4n) is 2.69. The second kappa shape index (κ2) is 7.66. The van der Waals surface area contributed by atoms with Crippen LogP contribution >= 0.6 is 0 Å². The summed E-state index contributed by atoms with van der Waals surface area (Å²) in [5.74, 6) is -0.755. The van der Waals surface area contributed by atoms with Crippen molar-refractivity contribution < 1.29 is 19.1 Å². The van der Waals surface area contributed by atoms with Crippen molar-refractivity contribution in [2.45, 2.75) is 20.1 Å². The highest BCUT2D eigenvalue weighted by Gasteiger charge is 2.17. The lowest BCUT2D eigenvalue weighted by atomic mass is 10.2. The molecule has 0 atom stereocenters. The Morgan fingerprint density at radius 1 is 0.960 bits per heavy atom. The SMILES string of the molecule is CCOC(=O)Cn1cc(C(=O)OCc2ccccc2)c2ccccc21. The van der Waals surface area contributed by atoms with E-state index in [0.717, 1.165) is 16.5 Å². The van der Waals surface area contributed by atoms with Crippen LogP contribution in [-0.4, -0.2) is 23.1 Å². The summed E-state index contributed by atoms with van der Waals surface area (Å²) in [5.41, 5.74) is 2.16. The van der Waals surface area contributed by atoms with Crippen molar-refractivity contribution in [3.05, 3.63) is 71.9 Å². The quantitative estimate of drug-likeness (QED) is 0.645. The molecular weight excluding hydrogens is 318 g/mol. The third-order valence-electron chi connectivity index (χ3n) is 3.83. The molecule has 0 unspecified atom stereocenters. The summed E-state index contributed by atoms with van der Waals surface area (Å²) >= 11 is 0. The zero-order valence-electron chi connectivity index (χ0n) is 14.0. The van der Waals surface area contributed by atoms with Gasteiger partial charge in [0.2, 0.25) is 0 Å². The minimum absolute atomic E-state index is 0.0559. The summed E-state index contributed by atoms with van der Waals surface area (Å²) < 4.78 is 12.1. The van der Waals surface area contributed by atoms with Crippen LogP contribution in [0.25, 0.3) is 10.9 Å². The number of fused-ring (bicyclic) bond motifs is 1. The number of aromatic nitrogens is 1. The third-order valence-corrected chi connectivity index (χ3v) is 3.83. The van der Waals surface area contributed by atoms with E-state index in [1.165, 1.54) is 0 Å². The average molecular weight is 337 g/mol. The highest BCUT2D eigenvalue weighted by molar-refractivity contribution is 6.04. The smallest absolute Gasteiger partial charge is 0.340 e. The Hall–Kier alpha value is -3.08. The summed E-state index contributed by atoms with van der Waals surface area (Å²) in [6.45, 7) is 2.35.